The average Bonchev–Trinajstić information content (AvgIpc) is 2.75. The number of hydrogen-bond donors (Lipinski definition) is 1. The van der Waals surface area contributed by atoms with Gasteiger partial charge >= 0.3 is 0 Å². The number of rotatable bonds is 5. The first kappa shape index (κ1) is 13.1. The molecule has 0 unspecified atom stereocenters. The van der Waals surface area contributed by atoms with Crippen molar-refractivity contribution in [1.82, 2.24) is 5.32 Å². The number of aryl methyl sites for hydroxylation is 2. The molecule has 0 fully saturated rings. The molecule has 1 aromatic heterocycles. The smallest absolute Gasteiger partial charge is 0.121 e. The minimum atomic E-state index is 0.891. The van der Waals surface area contributed by atoms with Gasteiger partial charge in [0.25, 0.3) is 0 Å². The Kier molecular flexibility index (Phi) is 4.39. The van der Waals surface area contributed by atoms with E-state index >= 15 is 0 Å². The SMILES string of the molecule is COc1ccc(CNCc2sccc2C)cc1C. The summed E-state index contributed by atoms with van der Waals surface area (Å²) in [6.07, 6.45) is 0. The second-order valence-electron chi connectivity index (χ2n) is 4.43. The standard InChI is InChI=1S/C15H19NOS/c1-11-6-7-18-15(11)10-16-9-13-4-5-14(17-3)12(2)8-13/h4-8,16H,9-10H2,1-3H3. The Balaban J connectivity index is 1.91. The molecule has 18 heavy (non-hydrogen) atoms. The van der Waals surface area contributed by atoms with Gasteiger partial charge in [0.05, 0.1) is 7.11 Å². The fourth-order valence-electron chi connectivity index (χ4n) is 1.96. The Labute approximate surface area is 113 Å². The number of thiophene rings is 1. The van der Waals surface area contributed by atoms with Gasteiger partial charge in [0.2, 0.25) is 0 Å². The van der Waals surface area contributed by atoms with E-state index in [0.29, 0.717) is 0 Å². The highest BCUT2D eigenvalue weighted by Crippen LogP contribution is 2.19. The summed E-state index contributed by atoms with van der Waals surface area (Å²) in [7, 11) is 1.71. The summed E-state index contributed by atoms with van der Waals surface area (Å²) in [5.41, 5.74) is 3.85. The molecular weight excluding hydrogens is 242 g/mol. The molecular formula is C15H19NOS. The molecule has 0 aliphatic carbocycles. The molecule has 0 radical (unpaired) electrons. The lowest BCUT2D eigenvalue weighted by Crippen LogP contribution is -2.12. The number of methoxy groups -OCH3 is 1. The van der Waals surface area contributed by atoms with Crippen LogP contribution in [0.15, 0.2) is 29.6 Å². The van der Waals surface area contributed by atoms with Crippen molar-refractivity contribution in [2.45, 2.75) is 26.9 Å². The third kappa shape index (κ3) is 3.12. The fraction of sp³-hybridized carbons (Fsp3) is 0.333. The van der Waals surface area contributed by atoms with Gasteiger partial charge in [-0.15, -0.1) is 11.3 Å². The van der Waals surface area contributed by atoms with E-state index in [2.05, 4.69) is 42.7 Å². The molecule has 0 bridgehead atoms. The van der Waals surface area contributed by atoms with Gasteiger partial charge in [-0.2, -0.15) is 0 Å². The predicted molar refractivity (Wildman–Crippen MR) is 77.3 cm³/mol. The van der Waals surface area contributed by atoms with Crippen LogP contribution in [0.2, 0.25) is 0 Å². The summed E-state index contributed by atoms with van der Waals surface area (Å²) in [5.74, 6) is 0.952. The minimum Gasteiger partial charge on any atom is -0.496 e. The van der Waals surface area contributed by atoms with Gasteiger partial charge in [-0.3, -0.25) is 0 Å². The molecule has 1 N–H and O–H groups in total. The van der Waals surface area contributed by atoms with Crippen LogP contribution < -0.4 is 10.1 Å². The third-order valence-corrected chi connectivity index (χ3v) is 4.07. The zero-order valence-electron chi connectivity index (χ0n) is 11.1. The first-order valence-corrected chi connectivity index (χ1v) is 6.96. The van der Waals surface area contributed by atoms with Crippen molar-refractivity contribution in [3.05, 3.63) is 51.2 Å². The van der Waals surface area contributed by atoms with E-state index in [9.17, 15) is 0 Å². The predicted octanol–water partition coefficient (Wildman–Crippen LogP) is 3.66. The lowest BCUT2D eigenvalue weighted by atomic mass is 10.1. The van der Waals surface area contributed by atoms with Crippen LogP contribution in [0.4, 0.5) is 0 Å². The van der Waals surface area contributed by atoms with Crippen LogP contribution in [0, 0.1) is 13.8 Å². The monoisotopic (exact) mass is 261 g/mol. The number of benzene rings is 1. The summed E-state index contributed by atoms with van der Waals surface area (Å²) in [5, 5.41) is 5.62. The normalized spacial score (nSPS) is 10.6. The zero-order valence-corrected chi connectivity index (χ0v) is 11.9. The molecule has 0 aliphatic heterocycles. The van der Waals surface area contributed by atoms with Crippen molar-refractivity contribution in [1.29, 1.82) is 0 Å². The molecule has 1 aromatic carbocycles. The molecule has 0 saturated carbocycles. The second-order valence-corrected chi connectivity index (χ2v) is 5.43. The number of ether oxygens (including phenoxy) is 1. The number of nitrogens with one attached hydrogen (secondary N) is 1. The van der Waals surface area contributed by atoms with Gasteiger partial charge in [-0.05, 0) is 48.1 Å². The Morgan fingerprint density at radius 2 is 1.94 bits per heavy atom. The molecule has 2 nitrogen and oxygen atoms in total. The molecule has 0 atom stereocenters. The van der Waals surface area contributed by atoms with Crippen LogP contribution >= 0.6 is 11.3 Å². The average molecular weight is 261 g/mol. The maximum atomic E-state index is 5.26. The Morgan fingerprint density at radius 3 is 2.56 bits per heavy atom. The molecule has 0 aliphatic rings. The summed E-state index contributed by atoms with van der Waals surface area (Å²) >= 11 is 1.81. The van der Waals surface area contributed by atoms with Crippen LogP contribution in [-0.2, 0) is 13.1 Å². The summed E-state index contributed by atoms with van der Waals surface area (Å²) in [6, 6.07) is 8.48. The Bertz CT molecular complexity index is 519. The Morgan fingerprint density at radius 1 is 1.11 bits per heavy atom. The second kappa shape index (κ2) is 6.03. The van der Waals surface area contributed by atoms with Gasteiger partial charge in [0.15, 0.2) is 0 Å². The van der Waals surface area contributed by atoms with Crippen molar-refractivity contribution >= 4 is 11.3 Å². The van der Waals surface area contributed by atoms with Gasteiger partial charge in [-0.1, -0.05) is 12.1 Å². The molecule has 96 valence electrons. The fourth-order valence-corrected chi connectivity index (χ4v) is 2.83. The number of hydrogen-bond acceptors (Lipinski definition) is 3. The van der Waals surface area contributed by atoms with E-state index in [-0.39, 0.29) is 0 Å². The van der Waals surface area contributed by atoms with Crippen LogP contribution in [0.25, 0.3) is 0 Å². The van der Waals surface area contributed by atoms with Gasteiger partial charge < -0.3 is 10.1 Å². The zero-order chi connectivity index (χ0) is 13.0. The lowest BCUT2D eigenvalue weighted by Gasteiger charge is -2.08. The van der Waals surface area contributed by atoms with Crippen LogP contribution in [0.5, 0.6) is 5.75 Å². The lowest BCUT2D eigenvalue weighted by molar-refractivity contribution is 0.411. The van der Waals surface area contributed by atoms with Crippen molar-refractivity contribution in [3.63, 3.8) is 0 Å². The van der Waals surface area contributed by atoms with Gasteiger partial charge in [-0.25, -0.2) is 0 Å². The molecule has 2 rings (SSSR count). The van der Waals surface area contributed by atoms with Crippen molar-refractivity contribution in [2.24, 2.45) is 0 Å². The van der Waals surface area contributed by atoms with Crippen LogP contribution in [0.3, 0.4) is 0 Å². The Hall–Kier alpha value is -1.32. The van der Waals surface area contributed by atoms with Crippen LogP contribution in [-0.4, -0.2) is 7.11 Å². The molecule has 3 heteroatoms. The summed E-state index contributed by atoms with van der Waals surface area (Å²) in [4.78, 5) is 1.42. The largest absolute Gasteiger partial charge is 0.496 e. The minimum absolute atomic E-state index is 0.891. The third-order valence-electron chi connectivity index (χ3n) is 3.04. The van der Waals surface area contributed by atoms with Gasteiger partial charge in [0.1, 0.15) is 5.75 Å². The first-order chi connectivity index (χ1) is 8.70. The van der Waals surface area contributed by atoms with E-state index in [0.717, 1.165) is 18.8 Å². The first-order valence-electron chi connectivity index (χ1n) is 6.08. The molecule has 0 spiro atoms. The molecule has 1 heterocycles. The maximum Gasteiger partial charge on any atom is 0.121 e. The van der Waals surface area contributed by atoms with Crippen LogP contribution in [0.1, 0.15) is 21.6 Å². The molecule has 2 aromatic rings. The highest BCUT2D eigenvalue weighted by atomic mass is 32.1. The highest BCUT2D eigenvalue weighted by molar-refractivity contribution is 7.10. The van der Waals surface area contributed by atoms with E-state index in [1.54, 1.807) is 7.11 Å². The summed E-state index contributed by atoms with van der Waals surface area (Å²) < 4.78 is 5.26. The topological polar surface area (TPSA) is 21.3 Å². The molecule has 0 amide bonds. The quantitative estimate of drug-likeness (QED) is 0.887. The highest BCUT2D eigenvalue weighted by Gasteiger charge is 2.01. The molecule has 0 saturated heterocycles. The van der Waals surface area contributed by atoms with E-state index in [4.69, 9.17) is 4.74 Å². The van der Waals surface area contributed by atoms with Gasteiger partial charge in [0, 0.05) is 18.0 Å². The van der Waals surface area contributed by atoms with Crippen molar-refractivity contribution < 1.29 is 4.74 Å². The summed E-state index contributed by atoms with van der Waals surface area (Å²) in [6.45, 7) is 6.06. The maximum absolute atomic E-state index is 5.26. The van der Waals surface area contributed by atoms with E-state index < -0.39 is 0 Å². The van der Waals surface area contributed by atoms with Crippen molar-refractivity contribution in [3.8, 4) is 5.75 Å². The van der Waals surface area contributed by atoms with Crippen molar-refractivity contribution in [2.75, 3.05) is 7.11 Å². The van der Waals surface area contributed by atoms with E-state index in [1.807, 2.05) is 17.4 Å². The van der Waals surface area contributed by atoms with E-state index in [1.165, 1.54) is 21.6 Å².